The van der Waals surface area contributed by atoms with E-state index in [1.165, 1.54) is 6.92 Å². The van der Waals surface area contributed by atoms with Gasteiger partial charge in [0.05, 0.1) is 5.69 Å². The van der Waals surface area contributed by atoms with E-state index in [9.17, 15) is 4.79 Å². The minimum Gasteiger partial charge on any atom is -0.323 e. The van der Waals surface area contributed by atoms with Crippen molar-refractivity contribution in [1.29, 1.82) is 0 Å². The van der Waals surface area contributed by atoms with Crippen LogP contribution in [-0.4, -0.2) is 10.8 Å². The van der Waals surface area contributed by atoms with Crippen LogP contribution in [0.25, 0.3) is 0 Å². The molecule has 1 unspecified atom stereocenters. The smallest absolute Gasteiger partial charge is 0.178 e. The Morgan fingerprint density at radius 1 is 1.58 bits per heavy atom. The summed E-state index contributed by atoms with van der Waals surface area (Å²) < 4.78 is 0. The Morgan fingerprint density at radius 2 is 2.25 bits per heavy atom. The third-order valence-corrected chi connectivity index (χ3v) is 1.60. The third-order valence-electron chi connectivity index (χ3n) is 1.60. The molecule has 1 aromatic rings. The summed E-state index contributed by atoms with van der Waals surface area (Å²) in [6.45, 7) is 3.33. The predicted octanol–water partition coefficient (Wildman–Crippen LogP) is 1.30. The minimum absolute atomic E-state index is 0.0301. The molecule has 0 saturated carbocycles. The molecule has 12 heavy (non-hydrogen) atoms. The first-order valence-electron chi connectivity index (χ1n) is 3.84. The Morgan fingerprint density at radius 3 is 2.75 bits per heavy atom. The average molecular weight is 164 g/mol. The van der Waals surface area contributed by atoms with Gasteiger partial charge in [0, 0.05) is 13.0 Å². The molecule has 2 N–H and O–H groups in total. The fourth-order valence-corrected chi connectivity index (χ4v) is 0.901. The molecule has 0 radical (unpaired) electrons. The number of carbonyl (C=O) groups excluding carboxylic acids is 1. The second-order valence-electron chi connectivity index (χ2n) is 2.79. The Labute approximate surface area is 71.6 Å². The van der Waals surface area contributed by atoms with Gasteiger partial charge in [-0.3, -0.25) is 4.79 Å². The SMILES string of the molecule is CC(=O)c1cccc(C(C)N)n1. The molecule has 1 rings (SSSR count). The van der Waals surface area contributed by atoms with Crippen molar-refractivity contribution in [2.45, 2.75) is 19.9 Å². The highest BCUT2D eigenvalue weighted by molar-refractivity contribution is 5.92. The van der Waals surface area contributed by atoms with Crippen LogP contribution < -0.4 is 5.73 Å². The molecule has 0 spiro atoms. The van der Waals surface area contributed by atoms with Gasteiger partial charge in [0.1, 0.15) is 5.69 Å². The maximum absolute atomic E-state index is 10.9. The van der Waals surface area contributed by atoms with Crippen LogP contribution in [0.2, 0.25) is 0 Å². The molecule has 0 fully saturated rings. The molecule has 0 aromatic carbocycles. The highest BCUT2D eigenvalue weighted by Gasteiger charge is 2.04. The normalized spacial score (nSPS) is 12.6. The second-order valence-corrected chi connectivity index (χ2v) is 2.79. The van der Waals surface area contributed by atoms with Crippen LogP contribution >= 0.6 is 0 Å². The third kappa shape index (κ3) is 1.89. The van der Waals surface area contributed by atoms with Crippen molar-refractivity contribution in [3.63, 3.8) is 0 Å². The standard InChI is InChI=1S/C9H12N2O/c1-6(10)8-4-3-5-9(11-8)7(2)12/h3-6H,10H2,1-2H3. The van der Waals surface area contributed by atoms with Gasteiger partial charge in [0.25, 0.3) is 0 Å². The summed E-state index contributed by atoms with van der Waals surface area (Å²) in [6.07, 6.45) is 0. The molecule has 0 saturated heterocycles. The molecule has 1 atom stereocenters. The molecule has 0 bridgehead atoms. The van der Waals surface area contributed by atoms with Crippen LogP contribution in [0.1, 0.15) is 36.1 Å². The topological polar surface area (TPSA) is 56.0 Å². The summed E-state index contributed by atoms with van der Waals surface area (Å²) in [5, 5.41) is 0. The summed E-state index contributed by atoms with van der Waals surface area (Å²) in [4.78, 5) is 15.0. The van der Waals surface area contributed by atoms with Crippen molar-refractivity contribution in [2.75, 3.05) is 0 Å². The summed E-state index contributed by atoms with van der Waals surface area (Å²) in [5.74, 6) is -0.0301. The number of pyridine rings is 1. The van der Waals surface area contributed by atoms with Crippen LogP contribution in [-0.2, 0) is 0 Å². The van der Waals surface area contributed by atoms with E-state index in [0.29, 0.717) is 5.69 Å². The number of hydrogen-bond donors (Lipinski definition) is 1. The average Bonchev–Trinajstić information content (AvgIpc) is 2.04. The number of carbonyl (C=O) groups is 1. The van der Waals surface area contributed by atoms with Crippen LogP contribution in [0, 0.1) is 0 Å². The summed E-state index contributed by atoms with van der Waals surface area (Å²) in [5.41, 5.74) is 6.84. The van der Waals surface area contributed by atoms with E-state index < -0.39 is 0 Å². The molecular weight excluding hydrogens is 152 g/mol. The number of nitrogens with two attached hydrogens (primary N) is 1. The lowest BCUT2D eigenvalue weighted by atomic mass is 10.2. The van der Waals surface area contributed by atoms with Gasteiger partial charge in [-0.05, 0) is 19.1 Å². The molecular formula is C9H12N2O. The van der Waals surface area contributed by atoms with Crippen LogP contribution in [0.4, 0.5) is 0 Å². The molecule has 0 amide bonds. The van der Waals surface area contributed by atoms with Gasteiger partial charge in [0.2, 0.25) is 0 Å². The van der Waals surface area contributed by atoms with Crippen molar-refractivity contribution >= 4 is 5.78 Å². The first-order valence-corrected chi connectivity index (χ1v) is 3.84. The van der Waals surface area contributed by atoms with Crippen LogP contribution in [0.3, 0.4) is 0 Å². The molecule has 0 aliphatic rings. The van der Waals surface area contributed by atoms with Crippen LogP contribution in [0.5, 0.6) is 0 Å². The molecule has 1 heterocycles. The lowest BCUT2D eigenvalue weighted by Gasteiger charge is -2.04. The lowest BCUT2D eigenvalue weighted by molar-refractivity contribution is 0.101. The molecule has 1 aromatic heterocycles. The van der Waals surface area contributed by atoms with Gasteiger partial charge in [-0.25, -0.2) is 4.98 Å². The van der Waals surface area contributed by atoms with Crippen molar-refractivity contribution in [1.82, 2.24) is 4.98 Å². The van der Waals surface area contributed by atoms with Gasteiger partial charge in [-0.1, -0.05) is 6.07 Å². The number of rotatable bonds is 2. The van der Waals surface area contributed by atoms with Crippen molar-refractivity contribution in [3.8, 4) is 0 Å². The van der Waals surface area contributed by atoms with E-state index in [2.05, 4.69) is 4.98 Å². The maximum Gasteiger partial charge on any atom is 0.178 e. The van der Waals surface area contributed by atoms with Gasteiger partial charge in [-0.15, -0.1) is 0 Å². The molecule has 64 valence electrons. The van der Waals surface area contributed by atoms with E-state index in [0.717, 1.165) is 5.69 Å². The number of ketones is 1. The van der Waals surface area contributed by atoms with Crippen molar-refractivity contribution in [2.24, 2.45) is 5.73 Å². The van der Waals surface area contributed by atoms with Gasteiger partial charge >= 0.3 is 0 Å². The highest BCUT2D eigenvalue weighted by Crippen LogP contribution is 2.06. The summed E-state index contributed by atoms with van der Waals surface area (Å²) >= 11 is 0. The second kappa shape index (κ2) is 3.45. The van der Waals surface area contributed by atoms with Crippen LogP contribution in [0.15, 0.2) is 18.2 Å². The first kappa shape index (κ1) is 8.87. The molecule has 3 heteroatoms. The quantitative estimate of drug-likeness (QED) is 0.670. The van der Waals surface area contributed by atoms with E-state index >= 15 is 0 Å². The number of aromatic nitrogens is 1. The Balaban J connectivity index is 3.04. The Hall–Kier alpha value is -1.22. The lowest BCUT2D eigenvalue weighted by Crippen LogP contribution is -2.09. The first-order chi connectivity index (χ1) is 5.61. The molecule has 0 aliphatic heterocycles. The Bertz CT molecular complexity index is 294. The van der Waals surface area contributed by atoms with Gasteiger partial charge in [-0.2, -0.15) is 0 Å². The predicted molar refractivity (Wildman–Crippen MR) is 46.8 cm³/mol. The van der Waals surface area contributed by atoms with E-state index in [1.807, 2.05) is 13.0 Å². The maximum atomic E-state index is 10.9. The Kier molecular flexibility index (Phi) is 2.55. The zero-order valence-electron chi connectivity index (χ0n) is 7.24. The molecule has 3 nitrogen and oxygen atoms in total. The number of hydrogen-bond acceptors (Lipinski definition) is 3. The van der Waals surface area contributed by atoms with Crippen molar-refractivity contribution < 1.29 is 4.79 Å². The summed E-state index contributed by atoms with van der Waals surface area (Å²) in [6, 6.07) is 5.18. The fourth-order valence-electron chi connectivity index (χ4n) is 0.901. The van der Waals surface area contributed by atoms with E-state index in [1.54, 1.807) is 12.1 Å². The summed E-state index contributed by atoms with van der Waals surface area (Å²) in [7, 11) is 0. The van der Waals surface area contributed by atoms with E-state index in [4.69, 9.17) is 5.73 Å². The van der Waals surface area contributed by atoms with Gasteiger partial charge < -0.3 is 5.73 Å². The minimum atomic E-state index is -0.121. The highest BCUT2D eigenvalue weighted by atomic mass is 16.1. The monoisotopic (exact) mass is 164 g/mol. The van der Waals surface area contributed by atoms with Gasteiger partial charge in [0.15, 0.2) is 5.78 Å². The van der Waals surface area contributed by atoms with Crippen molar-refractivity contribution in [3.05, 3.63) is 29.6 Å². The zero-order valence-corrected chi connectivity index (χ0v) is 7.24. The largest absolute Gasteiger partial charge is 0.323 e. The number of nitrogens with zero attached hydrogens (tertiary/aromatic N) is 1. The zero-order chi connectivity index (χ0) is 9.14. The number of Topliss-reactive ketones (excluding diaryl/α,β-unsaturated/α-hetero) is 1. The fraction of sp³-hybridized carbons (Fsp3) is 0.333. The van der Waals surface area contributed by atoms with E-state index in [-0.39, 0.29) is 11.8 Å². The molecule has 0 aliphatic carbocycles.